The zero-order valence-electron chi connectivity index (χ0n) is 12.4. The maximum Gasteiger partial charge on any atom is 0.266 e. The van der Waals surface area contributed by atoms with Crippen LogP contribution < -0.4 is 10.2 Å². The van der Waals surface area contributed by atoms with Gasteiger partial charge < -0.3 is 14.7 Å². The molecule has 0 aliphatic rings. The van der Waals surface area contributed by atoms with Gasteiger partial charge >= 0.3 is 0 Å². The molecule has 108 valence electrons. The molecule has 1 heterocycles. The van der Waals surface area contributed by atoms with Gasteiger partial charge in [-0.2, -0.15) is 4.98 Å². The molecule has 0 fully saturated rings. The van der Waals surface area contributed by atoms with Crippen LogP contribution in [0.4, 0.5) is 11.6 Å². The fraction of sp³-hybridized carbons (Fsp3) is 0.467. The van der Waals surface area contributed by atoms with Crippen molar-refractivity contribution >= 4 is 11.6 Å². The first kappa shape index (κ1) is 14.4. The summed E-state index contributed by atoms with van der Waals surface area (Å²) in [4.78, 5) is 6.48. The molecule has 0 saturated carbocycles. The van der Waals surface area contributed by atoms with E-state index in [2.05, 4.69) is 65.4 Å². The van der Waals surface area contributed by atoms with Gasteiger partial charge in [-0.1, -0.05) is 17.7 Å². The molecule has 0 amide bonds. The van der Waals surface area contributed by atoms with Gasteiger partial charge in [-0.3, -0.25) is 0 Å². The zero-order chi connectivity index (χ0) is 14.4. The molecule has 1 aromatic heterocycles. The Morgan fingerprint density at radius 1 is 1.15 bits per heavy atom. The predicted molar refractivity (Wildman–Crippen MR) is 81.2 cm³/mol. The molecule has 5 heteroatoms. The summed E-state index contributed by atoms with van der Waals surface area (Å²) in [5.41, 5.74) is 2.37. The van der Waals surface area contributed by atoms with Gasteiger partial charge in [-0.05, 0) is 38.1 Å². The molecule has 0 saturated heterocycles. The molecule has 2 aromatic rings. The normalized spacial score (nSPS) is 10.6. The molecule has 0 aliphatic carbocycles. The number of nitrogens with zero attached hydrogens (tertiary/aromatic N) is 3. The van der Waals surface area contributed by atoms with Crippen molar-refractivity contribution in [2.24, 2.45) is 0 Å². The summed E-state index contributed by atoms with van der Waals surface area (Å²) in [6.07, 6.45) is 0.724. The van der Waals surface area contributed by atoms with Gasteiger partial charge in [0, 0.05) is 31.7 Å². The summed E-state index contributed by atoms with van der Waals surface area (Å²) in [7, 11) is 0. The van der Waals surface area contributed by atoms with E-state index in [0.717, 1.165) is 31.7 Å². The molecule has 0 atom stereocenters. The molecule has 2 rings (SSSR count). The third-order valence-electron chi connectivity index (χ3n) is 3.22. The lowest BCUT2D eigenvalue weighted by atomic mass is 10.2. The van der Waals surface area contributed by atoms with Crippen LogP contribution in [0.5, 0.6) is 0 Å². The van der Waals surface area contributed by atoms with E-state index in [1.54, 1.807) is 0 Å². The minimum absolute atomic E-state index is 0.673. The molecule has 0 bridgehead atoms. The fourth-order valence-corrected chi connectivity index (χ4v) is 1.97. The first-order valence-electron chi connectivity index (χ1n) is 7.11. The number of benzene rings is 1. The van der Waals surface area contributed by atoms with E-state index in [4.69, 9.17) is 4.52 Å². The molecular weight excluding hydrogens is 252 g/mol. The largest absolute Gasteiger partial charge is 0.385 e. The number of hydrogen-bond donors (Lipinski definition) is 1. The van der Waals surface area contributed by atoms with Crippen molar-refractivity contribution in [3.05, 3.63) is 35.7 Å². The number of hydrogen-bond acceptors (Lipinski definition) is 5. The van der Waals surface area contributed by atoms with Gasteiger partial charge in [0.1, 0.15) is 0 Å². The predicted octanol–water partition coefficient (Wildman–Crippen LogP) is 2.88. The average Bonchev–Trinajstić information content (AvgIpc) is 2.91. The van der Waals surface area contributed by atoms with Crippen LogP contribution in [0.3, 0.4) is 0 Å². The maximum atomic E-state index is 5.26. The van der Waals surface area contributed by atoms with Crippen LogP contribution in [-0.2, 0) is 6.42 Å². The Morgan fingerprint density at radius 3 is 2.50 bits per heavy atom. The SMILES string of the molecule is CCN(CC)c1noc(CCNc2ccc(C)cc2)n1. The summed E-state index contributed by atoms with van der Waals surface area (Å²) < 4.78 is 5.26. The number of aryl methyl sites for hydroxylation is 1. The maximum absolute atomic E-state index is 5.26. The van der Waals surface area contributed by atoms with E-state index in [-0.39, 0.29) is 0 Å². The van der Waals surface area contributed by atoms with Crippen molar-refractivity contribution in [3.63, 3.8) is 0 Å². The Balaban J connectivity index is 1.84. The lowest BCUT2D eigenvalue weighted by Crippen LogP contribution is -2.23. The molecule has 0 radical (unpaired) electrons. The quantitative estimate of drug-likeness (QED) is 0.841. The summed E-state index contributed by atoms with van der Waals surface area (Å²) in [5, 5.41) is 7.35. The third kappa shape index (κ3) is 3.73. The summed E-state index contributed by atoms with van der Waals surface area (Å²) in [5.74, 6) is 1.35. The molecule has 20 heavy (non-hydrogen) atoms. The molecular formula is C15H22N4O. The van der Waals surface area contributed by atoms with E-state index in [0.29, 0.717) is 11.8 Å². The van der Waals surface area contributed by atoms with Crippen LogP contribution in [-0.4, -0.2) is 29.8 Å². The minimum atomic E-state index is 0.673. The van der Waals surface area contributed by atoms with Crippen molar-refractivity contribution in [1.82, 2.24) is 10.1 Å². The Labute approximate surface area is 120 Å². The molecule has 1 N–H and O–H groups in total. The Hall–Kier alpha value is -2.04. The number of anilines is 2. The van der Waals surface area contributed by atoms with Crippen LogP contribution in [0.25, 0.3) is 0 Å². The van der Waals surface area contributed by atoms with Gasteiger partial charge in [0.2, 0.25) is 5.89 Å². The lowest BCUT2D eigenvalue weighted by Gasteiger charge is -2.14. The van der Waals surface area contributed by atoms with E-state index in [1.165, 1.54) is 5.56 Å². The van der Waals surface area contributed by atoms with Gasteiger partial charge in [0.05, 0.1) is 0 Å². The highest BCUT2D eigenvalue weighted by molar-refractivity contribution is 5.44. The third-order valence-corrected chi connectivity index (χ3v) is 3.22. The first-order valence-corrected chi connectivity index (χ1v) is 7.11. The Kier molecular flexibility index (Phi) is 4.98. The van der Waals surface area contributed by atoms with E-state index in [9.17, 15) is 0 Å². The van der Waals surface area contributed by atoms with Crippen molar-refractivity contribution < 1.29 is 4.52 Å². The standard InChI is InChI=1S/C15H22N4O/c1-4-19(5-2)15-17-14(20-18-15)10-11-16-13-8-6-12(3)7-9-13/h6-9,16H,4-5,10-11H2,1-3H3. The van der Waals surface area contributed by atoms with Crippen LogP contribution in [0.2, 0.25) is 0 Å². The highest BCUT2D eigenvalue weighted by atomic mass is 16.5. The van der Waals surface area contributed by atoms with E-state index in [1.807, 2.05) is 0 Å². The lowest BCUT2D eigenvalue weighted by molar-refractivity contribution is 0.379. The van der Waals surface area contributed by atoms with Gasteiger partial charge in [-0.25, -0.2) is 0 Å². The van der Waals surface area contributed by atoms with Crippen LogP contribution >= 0.6 is 0 Å². The van der Waals surface area contributed by atoms with Crippen molar-refractivity contribution in [2.75, 3.05) is 29.9 Å². The van der Waals surface area contributed by atoms with Gasteiger partial charge in [0.25, 0.3) is 5.95 Å². The zero-order valence-corrected chi connectivity index (χ0v) is 12.4. The topological polar surface area (TPSA) is 54.2 Å². The molecule has 0 unspecified atom stereocenters. The minimum Gasteiger partial charge on any atom is -0.385 e. The summed E-state index contributed by atoms with van der Waals surface area (Å²) in [6, 6.07) is 8.33. The van der Waals surface area contributed by atoms with Crippen molar-refractivity contribution in [1.29, 1.82) is 0 Å². The van der Waals surface area contributed by atoms with Gasteiger partial charge in [-0.15, -0.1) is 0 Å². The van der Waals surface area contributed by atoms with Crippen molar-refractivity contribution in [3.8, 4) is 0 Å². The average molecular weight is 274 g/mol. The van der Waals surface area contributed by atoms with Crippen LogP contribution in [0, 0.1) is 6.92 Å². The molecule has 0 aliphatic heterocycles. The second-order valence-electron chi connectivity index (χ2n) is 4.70. The summed E-state index contributed by atoms with van der Waals surface area (Å²) in [6.45, 7) is 8.80. The number of rotatable bonds is 7. The van der Waals surface area contributed by atoms with E-state index < -0.39 is 0 Å². The number of aromatic nitrogens is 2. The molecule has 5 nitrogen and oxygen atoms in total. The second kappa shape index (κ2) is 6.93. The van der Waals surface area contributed by atoms with Crippen LogP contribution in [0.15, 0.2) is 28.8 Å². The monoisotopic (exact) mass is 274 g/mol. The smallest absolute Gasteiger partial charge is 0.266 e. The first-order chi connectivity index (χ1) is 9.72. The second-order valence-corrected chi connectivity index (χ2v) is 4.70. The molecule has 1 aromatic carbocycles. The number of nitrogens with one attached hydrogen (secondary N) is 1. The van der Waals surface area contributed by atoms with Crippen molar-refractivity contribution in [2.45, 2.75) is 27.2 Å². The summed E-state index contributed by atoms with van der Waals surface area (Å²) >= 11 is 0. The Bertz CT molecular complexity index is 517. The fourth-order valence-electron chi connectivity index (χ4n) is 1.97. The van der Waals surface area contributed by atoms with Crippen LogP contribution in [0.1, 0.15) is 25.3 Å². The van der Waals surface area contributed by atoms with E-state index >= 15 is 0 Å². The highest BCUT2D eigenvalue weighted by Crippen LogP contribution is 2.11. The highest BCUT2D eigenvalue weighted by Gasteiger charge is 2.10. The van der Waals surface area contributed by atoms with Gasteiger partial charge in [0.15, 0.2) is 0 Å². The molecule has 0 spiro atoms. The Morgan fingerprint density at radius 2 is 1.85 bits per heavy atom.